The van der Waals surface area contributed by atoms with Gasteiger partial charge in [0.05, 0.1) is 0 Å². The van der Waals surface area contributed by atoms with Crippen LogP contribution in [0.15, 0.2) is 36.7 Å². The molecule has 0 unspecified atom stereocenters. The minimum atomic E-state index is 0.568. The van der Waals surface area contributed by atoms with Crippen LogP contribution < -0.4 is 0 Å². The zero-order chi connectivity index (χ0) is 8.97. The maximum Gasteiger partial charge on any atom is 0.0270 e. The third-order valence-electron chi connectivity index (χ3n) is 2.00. The average Bonchev–Trinajstić information content (AvgIpc) is 2.06. The van der Waals surface area contributed by atoms with Crippen molar-refractivity contribution in [3.8, 4) is 0 Å². The van der Waals surface area contributed by atoms with Crippen molar-refractivity contribution in [1.29, 1.82) is 0 Å². The van der Waals surface area contributed by atoms with Crippen molar-refractivity contribution in [2.75, 3.05) is 0 Å². The molecule has 64 valence electrons. The molecule has 0 aliphatic heterocycles. The van der Waals surface area contributed by atoms with Crippen LogP contribution in [0.1, 0.15) is 19.4 Å². The standard InChI is InChI=1S/C11H15N/c1-9(2)10(3)8-11-4-6-12-7-5-11/h4-7,9H,3,8H2,1-2H3. The van der Waals surface area contributed by atoms with E-state index in [9.17, 15) is 0 Å². The SMILES string of the molecule is C=C(Cc1ccncc1)C(C)C. The van der Waals surface area contributed by atoms with Crippen LogP contribution >= 0.6 is 0 Å². The fraction of sp³-hybridized carbons (Fsp3) is 0.364. The molecule has 0 aliphatic rings. The molecular formula is C11H15N. The highest BCUT2D eigenvalue weighted by Crippen LogP contribution is 2.12. The molecule has 0 saturated carbocycles. The molecule has 0 amide bonds. The quantitative estimate of drug-likeness (QED) is 0.621. The van der Waals surface area contributed by atoms with Crippen LogP contribution in [0.3, 0.4) is 0 Å². The van der Waals surface area contributed by atoms with Gasteiger partial charge in [-0.05, 0) is 30.0 Å². The van der Waals surface area contributed by atoms with Crippen molar-refractivity contribution in [3.05, 3.63) is 42.2 Å². The Hall–Kier alpha value is -1.11. The Bertz CT molecular complexity index is 249. The normalized spacial score (nSPS) is 10.2. The first-order chi connectivity index (χ1) is 5.70. The summed E-state index contributed by atoms with van der Waals surface area (Å²) in [4.78, 5) is 3.97. The number of hydrogen-bond acceptors (Lipinski definition) is 1. The summed E-state index contributed by atoms with van der Waals surface area (Å²) in [6.07, 6.45) is 4.62. The summed E-state index contributed by atoms with van der Waals surface area (Å²) in [5, 5.41) is 0. The molecule has 0 aliphatic carbocycles. The van der Waals surface area contributed by atoms with Gasteiger partial charge in [-0.15, -0.1) is 0 Å². The predicted molar refractivity (Wildman–Crippen MR) is 51.9 cm³/mol. The van der Waals surface area contributed by atoms with Gasteiger partial charge in [-0.1, -0.05) is 26.0 Å². The molecule has 1 heteroatoms. The van der Waals surface area contributed by atoms with Crippen molar-refractivity contribution < 1.29 is 0 Å². The van der Waals surface area contributed by atoms with E-state index in [2.05, 4.69) is 25.4 Å². The molecule has 0 atom stereocenters. The van der Waals surface area contributed by atoms with E-state index in [-0.39, 0.29) is 0 Å². The molecule has 1 nitrogen and oxygen atoms in total. The van der Waals surface area contributed by atoms with Crippen LogP contribution in [0.25, 0.3) is 0 Å². The third kappa shape index (κ3) is 2.50. The first kappa shape index (κ1) is 8.98. The van der Waals surface area contributed by atoms with E-state index in [1.54, 1.807) is 0 Å². The summed E-state index contributed by atoms with van der Waals surface area (Å²) < 4.78 is 0. The molecule has 0 fully saturated rings. The van der Waals surface area contributed by atoms with Crippen LogP contribution in [0, 0.1) is 5.92 Å². The summed E-state index contributed by atoms with van der Waals surface area (Å²) in [7, 11) is 0. The van der Waals surface area contributed by atoms with E-state index in [1.807, 2.05) is 24.5 Å². The molecule has 0 spiro atoms. The van der Waals surface area contributed by atoms with Gasteiger partial charge in [-0.3, -0.25) is 4.98 Å². The van der Waals surface area contributed by atoms with Crippen molar-refractivity contribution in [2.24, 2.45) is 5.92 Å². The van der Waals surface area contributed by atoms with E-state index < -0.39 is 0 Å². The summed E-state index contributed by atoms with van der Waals surface area (Å²) in [6, 6.07) is 4.07. The molecule has 0 bridgehead atoms. The van der Waals surface area contributed by atoms with E-state index in [1.165, 1.54) is 11.1 Å². The van der Waals surface area contributed by atoms with Gasteiger partial charge in [0.25, 0.3) is 0 Å². The zero-order valence-electron chi connectivity index (χ0n) is 7.75. The minimum absolute atomic E-state index is 0.568. The number of aromatic nitrogens is 1. The van der Waals surface area contributed by atoms with E-state index in [0.29, 0.717) is 5.92 Å². The Morgan fingerprint density at radius 1 is 1.42 bits per heavy atom. The van der Waals surface area contributed by atoms with Crippen LogP contribution in [-0.4, -0.2) is 4.98 Å². The second-order valence-corrected chi connectivity index (χ2v) is 3.35. The Morgan fingerprint density at radius 2 is 2.00 bits per heavy atom. The van der Waals surface area contributed by atoms with E-state index >= 15 is 0 Å². The smallest absolute Gasteiger partial charge is 0.0270 e. The van der Waals surface area contributed by atoms with Crippen LogP contribution in [0.2, 0.25) is 0 Å². The Kier molecular flexibility index (Phi) is 3.03. The third-order valence-corrected chi connectivity index (χ3v) is 2.00. The second kappa shape index (κ2) is 4.05. The molecule has 0 saturated heterocycles. The first-order valence-corrected chi connectivity index (χ1v) is 4.26. The average molecular weight is 161 g/mol. The number of hydrogen-bond donors (Lipinski definition) is 0. The Labute approximate surface area is 74.2 Å². The molecule has 0 radical (unpaired) electrons. The Morgan fingerprint density at radius 3 is 2.50 bits per heavy atom. The number of nitrogens with zero attached hydrogens (tertiary/aromatic N) is 1. The van der Waals surface area contributed by atoms with Crippen LogP contribution in [0.4, 0.5) is 0 Å². The molecule has 0 N–H and O–H groups in total. The highest BCUT2D eigenvalue weighted by Gasteiger charge is 2.00. The largest absolute Gasteiger partial charge is 0.265 e. The highest BCUT2D eigenvalue weighted by molar-refractivity contribution is 5.18. The van der Waals surface area contributed by atoms with Gasteiger partial charge >= 0.3 is 0 Å². The number of rotatable bonds is 3. The van der Waals surface area contributed by atoms with Gasteiger partial charge in [-0.2, -0.15) is 0 Å². The Balaban J connectivity index is 2.59. The van der Waals surface area contributed by atoms with Crippen molar-refractivity contribution >= 4 is 0 Å². The molecule has 0 aromatic carbocycles. The maximum atomic E-state index is 4.03. The topological polar surface area (TPSA) is 12.9 Å². The lowest BCUT2D eigenvalue weighted by Gasteiger charge is -2.08. The summed E-state index contributed by atoms with van der Waals surface area (Å²) >= 11 is 0. The summed E-state index contributed by atoms with van der Waals surface area (Å²) in [5.41, 5.74) is 2.57. The molecule has 1 heterocycles. The van der Waals surface area contributed by atoms with Gasteiger partial charge in [0, 0.05) is 12.4 Å². The fourth-order valence-electron chi connectivity index (χ4n) is 0.967. The zero-order valence-corrected chi connectivity index (χ0v) is 7.75. The van der Waals surface area contributed by atoms with Gasteiger partial charge in [0.1, 0.15) is 0 Å². The van der Waals surface area contributed by atoms with Crippen molar-refractivity contribution in [2.45, 2.75) is 20.3 Å². The summed E-state index contributed by atoms with van der Waals surface area (Å²) in [6.45, 7) is 8.37. The second-order valence-electron chi connectivity index (χ2n) is 3.35. The van der Waals surface area contributed by atoms with Crippen LogP contribution in [-0.2, 0) is 6.42 Å². The summed E-state index contributed by atoms with van der Waals surface area (Å²) in [5.74, 6) is 0.568. The first-order valence-electron chi connectivity index (χ1n) is 4.26. The van der Waals surface area contributed by atoms with Gasteiger partial charge in [0.2, 0.25) is 0 Å². The lowest BCUT2D eigenvalue weighted by Crippen LogP contribution is -1.96. The predicted octanol–water partition coefficient (Wildman–Crippen LogP) is 2.84. The fourth-order valence-corrected chi connectivity index (χ4v) is 0.967. The minimum Gasteiger partial charge on any atom is -0.265 e. The maximum absolute atomic E-state index is 4.03. The molecular weight excluding hydrogens is 146 g/mol. The van der Waals surface area contributed by atoms with Gasteiger partial charge in [0.15, 0.2) is 0 Å². The number of allylic oxidation sites excluding steroid dienone is 1. The highest BCUT2D eigenvalue weighted by atomic mass is 14.6. The number of pyridine rings is 1. The monoisotopic (exact) mass is 161 g/mol. The van der Waals surface area contributed by atoms with E-state index in [0.717, 1.165) is 6.42 Å². The van der Waals surface area contributed by atoms with Crippen molar-refractivity contribution in [3.63, 3.8) is 0 Å². The van der Waals surface area contributed by atoms with Gasteiger partial charge in [-0.25, -0.2) is 0 Å². The molecule has 1 aromatic heterocycles. The lowest BCUT2D eigenvalue weighted by molar-refractivity contribution is 0.744. The molecule has 1 rings (SSSR count). The molecule has 1 aromatic rings. The van der Waals surface area contributed by atoms with Crippen molar-refractivity contribution in [1.82, 2.24) is 4.98 Å². The molecule has 12 heavy (non-hydrogen) atoms. The van der Waals surface area contributed by atoms with E-state index in [4.69, 9.17) is 0 Å². The lowest BCUT2D eigenvalue weighted by atomic mass is 9.98. The van der Waals surface area contributed by atoms with Crippen LogP contribution in [0.5, 0.6) is 0 Å². The van der Waals surface area contributed by atoms with Gasteiger partial charge < -0.3 is 0 Å².